The average Bonchev–Trinajstić information content (AvgIpc) is 2.55. The summed E-state index contributed by atoms with van der Waals surface area (Å²) in [6.45, 7) is 14.1. The van der Waals surface area contributed by atoms with Crippen molar-refractivity contribution in [2.45, 2.75) is 84.3 Å². The monoisotopic (exact) mass is 376 g/mol. The Hall–Kier alpha value is -1.75. The fourth-order valence-electron chi connectivity index (χ4n) is 4.00. The minimum Gasteiger partial charge on any atom is -0.490 e. The van der Waals surface area contributed by atoms with Gasteiger partial charge in [-0.05, 0) is 71.6 Å². The molecule has 1 fully saturated rings. The van der Waals surface area contributed by atoms with E-state index in [0.717, 1.165) is 25.7 Å². The van der Waals surface area contributed by atoms with Crippen LogP contribution in [0.15, 0.2) is 18.2 Å². The van der Waals surface area contributed by atoms with Crippen molar-refractivity contribution in [2.24, 2.45) is 0 Å². The predicted octanol–water partition coefficient (Wildman–Crippen LogP) is 4.30. The fourth-order valence-corrected chi connectivity index (χ4v) is 4.00. The molecular weight excluding hydrogens is 340 g/mol. The van der Waals surface area contributed by atoms with E-state index >= 15 is 0 Å². The Morgan fingerprint density at radius 3 is 2.15 bits per heavy atom. The highest BCUT2D eigenvalue weighted by molar-refractivity contribution is 5.95. The maximum Gasteiger partial charge on any atom is 0.251 e. The lowest BCUT2D eigenvalue weighted by molar-refractivity contribution is 0.0872. The average molecular weight is 377 g/mol. The van der Waals surface area contributed by atoms with Crippen LogP contribution in [0.25, 0.3) is 0 Å². The lowest BCUT2D eigenvalue weighted by atomic mass is 9.79. The van der Waals surface area contributed by atoms with Crippen LogP contribution < -0.4 is 20.1 Å². The third kappa shape index (κ3) is 6.42. The fraction of sp³-hybridized carbons (Fsp3) is 0.682. The van der Waals surface area contributed by atoms with Crippen LogP contribution in [0.2, 0.25) is 0 Å². The Balaban J connectivity index is 2.13. The molecule has 0 saturated carbocycles. The summed E-state index contributed by atoms with van der Waals surface area (Å²) < 4.78 is 11.6. The molecule has 2 rings (SSSR count). The first-order chi connectivity index (χ1) is 12.7. The molecule has 1 heterocycles. The van der Waals surface area contributed by atoms with Crippen LogP contribution >= 0.6 is 0 Å². The standard InChI is InChI=1S/C22H36N2O3/c1-7-11-26-18-10-9-16(13-19(18)27-12-8-2)20(25)23-17-14-21(3,4)24-22(5,6)15-17/h9-10,13,17,24H,7-8,11-12,14-15H2,1-6H3,(H,23,25). The van der Waals surface area contributed by atoms with Crippen molar-refractivity contribution in [1.82, 2.24) is 10.6 Å². The third-order valence-corrected chi connectivity index (χ3v) is 4.65. The van der Waals surface area contributed by atoms with Gasteiger partial charge in [0.25, 0.3) is 5.91 Å². The third-order valence-electron chi connectivity index (χ3n) is 4.65. The summed E-state index contributed by atoms with van der Waals surface area (Å²) in [4.78, 5) is 12.9. The van der Waals surface area contributed by atoms with Gasteiger partial charge in [-0.3, -0.25) is 4.79 Å². The SMILES string of the molecule is CCCOc1ccc(C(=O)NC2CC(C)(C)NC(C)(C)C2)cc1OCCC. The van der Waals surface area contributed by atoms with Crippen LogP contribution in [0.4, 0.5) is 0 Å². The van der Waals surface area contributed by atoms with Crippen LogP contribution in [-0.4, -0.2) is 36.2 Å². The van der Waals surface area contributed by atoms with Crippen molar-refractivity contribution in [3.63, 3.8) is 0 Å². The van der Waals surface area contributed by atoms with E-state index in [4.69, 9.17) is 9.47 Å². The number of ether oxygens (including phenoxy) is 2. The van der Waals surface area contributed by atoms with Gasteiger partial charge in [-0.25, -0.2) is 0 Å². The quantitative estimate of drug-likeness (QED) is 0.710. The summed E-state index contributed by atoms with van der Waals surface area (Å²) in [6, 6.07) is 5.59. The van der Waals surface area contributed by atoms with E-state index < -0.39 is 0 Å². The normalized spacial score (nSPS) is 18.7. The predicted molar refractivity (Wildman–Crippen MR) is 110 cm³/mol. The summed E-state index contributed by atoms with van der Waals surface area (Å²) in [5.41, 5.74) is 0.596. The van der Waals surface area contributed by atoms with Crippen LogP contribution in [0, 0.1) is 0 Å². The van der Waals surface area contributed by atoms with Crippen LogP contribution in [0.5, 0.6) is 11.5 Å². The molecule has 5 heteroatoms. The molecule has 152 valence electrons. The van der Waals surface area contributed by atoms with Gasteiger partial charge in [0.2, 0.25) is 0 Å². The van der Waals surface area contributed by atoms with Gasteiger partial charge < -0.3 is 20.1 Å². The second-order valence-corrected chi connectivity index (χ2v) is 8.83. The smallest absolute Gasteiger partial charge is 0.251 e. The molecule has 1 aromatic rings. The maximum atomic E-state index is 12.9. The summed E-state index contributed by atoms with van der Waals surface area (Å²) in [5, 5.41) is 6.86. The lowest BCUT2D eigenvalue weighted by Crippen LogP contribution is -2.62. The van der Waals surface area contributed by atoms with Gasteiger partial charge in [-0.1, -0.05) is 13.8 Å². The zero-order valence-corrected chi connectivity index (χ0v) is 17.8. The number of hydrogen-bond acceptors (Lipinski definition) is 4. The summed E-state index contributed by atoms with van der Waals surface area (Å²) in [5.74, 6) is 1.28. The van der Waals surface area contributed by atoms with Gasteiger partial charge in [-0.2, -0.15) is 0 Å². The number of carbonyl (C=O) groups excluding carboxylic acids is 1. The van der Waals surface area contributed by atoms with Crippen LogP contribution in [0.1, 0.15) is 77.6 Å². The molecule has 0 bridgehead atoms. The molecule has 0 spiro atoms. The molecule has 1 amide bonds. The topological polar surface area (TPSA) is 59.6 Å². The molecule has 0 aliphatic carbocycles. The highest BCUT2D eigenvalue weighted by Crippen LogP contribution is 2.31. The highest BCUT2D eigenvalue weighted by atomic mass is 16.5. The number of carbonyl (C=O) groups is 1. The number of piperidine rings is 1. The van der Waals surface area contributed by atoms with E-state index in [2.05, 4.69) is 52.2 Å². The van der Waals surface area contributed by atoms with E-state index in [1.165, 1.54) is 0 Å². The minimum atomic E-state index is -0.0584. The molecule has 0 radical (unpaired) electrons. The van der Waals surface area contributed by atoms with Crippen molar-refractivity contribution in [3.05, 3.63) is 23.8 Å². The van der Waals surface area contributed by atoms with Crippen LogP contribution in [0.3, 0.4) is 0 Å². The van der Waals surface area contributed by atoms with Crippen molar-refractivity contribution >= 4 is 5.91 Å². The van der Waals surface area contributed by atoms with E-state index in [-0.39, 0.29) is 23.0 Å². The molecule has 1 aliphatic rings. The van der Waals surface area contributed by atoms with Gasteiger partial charge in [0, 0.05) is 22.7 Å². The zero-order valence-electron chi connectivity index (χ0n) is 17.8. The first kappa shape index (κ1) is 21.5. The van der Waals surface area contributed by atoms with E-state index in [1.807, 2.05) is 12.1 Å². The van der Waals surface area contributed by atoms with E-state index in [0.29, 0.717) is 30.3 Å². The Morgan fingerprint density at radius 2 is 1.59 bits per heavy atom. The van der Waals surface area contributed by atoms with Gasteiger partial charge in [0.15, 0.2) is 11.5 Å². The molecule has 1 aromatic carbocycles. The molecule has 27 heavy (non-hydrogen) atoms. The van der Waals surface area contributed by atoms with E-state index in [9.17, 15) is 4.79 Å². The van der Waals surface area contributed by atoms with Crippen molar-refractivity contribution in [1.29, 1.82) is 0 Å². The molecule has 0 unspecified atom stereocenters. The van der Waals surface area contributed by atoms with Gasteiger partial charge in [0.05, 0.1) is 13.2 Å². The second kappa shape index (κ2) is 8.96. The molecule has 5 nitrogen and oxygen atoms in total. The van der Waals surface area contributed by atoms with Crippen molar-refractivity contribution in [3.8, 4) is 11.5 Å². The van der Waals surface area contributed by atoms with Crippen molar-refractivity contribution in [2.75, 3.05) is 13.2 Å². The largest absolute Gasteiger partial charge is 0.490 e. The first-order valence-corrected chi connectivity index (χ1v) is 10.2. The summed E-state index contributed by atoms with van der Waals surface area (Å²) in [6.07, 6.45) is 3.64. The number of rotatable bonds is 8. The van der Waals surface area contributed by atoms with E-state index in [1.54, 1.807) is 6.07 Å². The minimum absolute atomic E-state index is 0.00700. The molecular formula is C22H36N2O3. The summed E-state index contributed by atoms with van der Waals surface area (Å²) >= 11 is 0. The highest BCUT2D eigenvalue weighted by Gasteiger charge is 2.38. The number of benzene rings is 1. The number of nitrogens with one attached hydrogen (secondary N) is 2. The Kier molecular flexibility index (Phi) is 7.15. The van der Waals surface area contributed by atoms with Gasteiger partial charge in [-0.15, -0.1) is 0 Å². The maximum absolute atomic E-state index is 12.9. The zero-order chi connectivity index (χ0) is 20.1. The Morgan fingerprint density at radius 1 is 1.04 bits per heavy atom. The molecule has 1 saturated heterocycles. The van der Waals surface area contributed by atoms with Crippen LogP contribution in [-0.2, 0) is 0 Å². The number of amides is 1. The molecule has 1 aliphatic heterocycles. The van der Waals surface area contributed by atoms with Gasteiger partial charge in [0.1, 0.15) is 0 Å². The summed E-state index contributed by atoms with van der Waals surface area (Å²) in [7, 11) is 0. The number of hydrogen-bond donors (Lipinski definition) is 2. The first-order valence-electron chi connectivity index (χ1n) is 10.2. The Bertz CT molecular complexity index is 624. The molecule has 2 N–H and O–H groups in total. The lowest BCUT2D eigenvalue weighted by Gasteiger charge is -2.46. The van der Waals surface area contributed by atoms with Crippen molar-refractivity contribution < 1.29 is 14.3 Å². The van der Waals surface area contributed by atoms with Gasteiger partial charge >= 0.3 is 0 Å². The second-order valence-electron chi connectivity index (χ2n) is 8.83. The molecule has 0 atom stereocenters. The Labute approximate surface area is 164 Å². The molecule has 0 aromatic heterocycles.